The van der Waals surface area contributed by atoms with Crippen LogP contribution in [0.3, 0.4) is 0 Å². The lowest BCUT2D eigenvalue weighted by Gasteiger charge is -2.13. The highest BCUT2D eigenvalue weighted by molar-refractivity contribution is 5.88. The molecule has 1 aromatic rings. The molecule has 0 amide bonds. The number of rotatable bonds is 5. The summed E-state index contributed by atoms with van der Waals surface area (Å²) in [6.07, 6.45) is 0.454. The van der Waals surface area contributed by atoms with Gasteiger partial charge >= 0.3 is 11.9 Å². The largest absolute Gasteiger partial charge is 0.480 e. The Morgan fingerprint density at radius 2 is 1.81 bits per heavy atom. The van der Waals surface area contributed by atoms with Crippen LogP contribution in [0.5, 0.6) is 0 Å². The monoisotopic (exact) mass is 223 g/mol. The third-order valence-electron chi connectivity index (χ3n) is 2.18. The van der Waals surface area contributed by atoms with Gasteiger partial charge in [0, 0.05) is 5.69 Å². The Hall–Kier alpha value is -2.04. The number of aliphatic carboxylic acids is 1. The van der Waals surface area contributed by atoms with Gasteiger partial charge in [0.25, 0.3) is 0 Å². The van der Waals surface area contributed by atoms with Crippen LogP contribution in [-0.4, -0.2) is 28.2 Å². The Balaban J connectivity index is 2.75. The minimum Gasteiger partial charge on any atom is -0.480 e. The van der Waals surface area contributed by atoms with Crippen molar-refractivity contribution in [3.05, 3.63) is 29.8 Å². The minimum atomic E-state index is -1.00. The summed E-state index contributed by atoms with van der Waals surface area (Å²) in [5, 5.41) is 20.3. The maximum absolute atomic E-state index is 10.8. The summed E-state index contributed by atoms with van der Waals surface area (Å²) in [5.74, 6) is -1.93. The SMILES string of the molecule is CC[C@H](Nc1ccc(C(=O)O)cc1)C(=O)O. The second-order valence-electron chi connectivity index (χ2n) is 3.33. The van der Waals surface area contributed by atoms with E-state index in [0.29, 0.717) is 12.1 Å². The predicted octanol–water partition coefficient (Wildman–Crippen LogP) is 1.66. The van der Waals surface area contributed by atoms with Crippen molar-refractivity contribution in [2.24, 2.45) is 0 Å². The summed E-state index contributed by atoms with van der Waals surface area (Å²) >= 11 is 0. The molecule has 5 nitrogen and oxygen atoms in total. The van der Waals surface area contributed by atoms with Crippen LogP contribution in [0.25, 0.3) is 0 Å². The average Bonchev–Trinajstić information content (AvgIpc) is 2.26. The zero-order valence-corrected chi connectivity index (χ0v) is 8.80. The fourth-order valence-electron chi connectivity index (χ4n) is 1.25. The fraction of sp³-hybridized carbons (Fsp3) is 0.273. The highest BCUT2D eigenvalue weighted by Crippen LogP contribution is 2.12. The van der Waals surface area contributed by atoms with Gasteiger partial charge < -0.3 is 15.5 Å². The molecule has 0 aliphatic heterocycles. The van der Waals surface area contributed by atoms with Gasteiger partial charge in [-0.15, -0.1) is 0 Å². The second-order valence-corrected chi connectivity index (χ2v) is 3.33. The van der Waals surface area contributed by atoms with Crippen LogP contribution >= 0.6 is 0 Å². The van der Waals surface area contributed by atoms with E-state index >= 15 is 0 Å². The van der Waals surface area contributed by atoms with Gasteiger partial charge in [0.15, 0.2) is 0 Å². The molecule has 0 bridgehead atoms. The molecule has 0 aromatic heterocycles. The standard InChI is InChI=1S/C11H13NO4/c1-2-9(11(15)16)12-8-5-3-7(4-6-8)10(13)14/h3-6,9,12H,2H2,1H3,(H,13,14)(H,15,16)/t9-/m0/s1. The molecule has 1 rings (SSSR count). The van der Waals surface area contributed by atoms with Crippen LogP contribution < -0.4 is 5.32 Å². The molecule has 0 fully saturated rings. The molecule has 86 valence electrons. The minimum absolute atomic E-state index is 0.175. The number of benzene rings is 1. The Morgan fingerprint density at radius 3 is 2.19 bits per heavy atom. The first-order chi connectivity index (χ1) is 7.54. The van der Waals surface area contributed by atoms with Gasteiger partial charge in [-0.1, -0.05) is 6.92 Å². The van der Waals surface area contributed by atoms with Gasteiger partial charge in [-0.3, -0.25) is 0 Å². The highest BCUT2D eigenvalue weighted by Gasteiger charge is 2.14. The zero-order valence-electron chi connectivity index (χ0n) is 8.80. The van der Waals surface area contributed by atoms with E-state index in [0.717, 1.165) is 0 Å². The number of carbonyl (C=O) groups is 2. The van der Waals surface area contributed by atoms with Gasteiger partial charge in [-0.2, -0.15) is 0 Å². The van der Waals surface area contributed by atoms with E-state index in [1.165, 1.54) is 12.1 Å². The predicted molar refractivity (Wildman–Crippen MR) is 58.7 cm³/mol. The maximum Gasteiger partial charge on any atom is 0.335 e. The molecule has 3 N–H and O–H groups in total. The molecule has 0 saturated carbocycles. The molecule has 16 heavy (non-hydrogen) atoms. The van der Waals surface area contributed by atoms with E-state index in [9.17, 15) is 9.59 Å². The Morgan fingerprint density at radius 1 is 1.25 bits per heavy atom. The molecule has 0 unspecified atom stereocenters. The molecule has 0 spiro atoms. The summed E-state index contributed by atoms with van der Waals surface area (Å²) < 4.78 is 0. The van der Waals surface area contributed by atoms with E-state index in [-0.39, 0.29) is 5.56 Å². The number of carboxylic acid groups (broad SMARTS) is 2. The van der Waals surface area contributed by atoms with Crippen molar-refractivity contribution in [3.63, 3.8) is 0 Å². The van der Waals surface area contributed by atoms with Gasteiger partial charge in [0.1, 0.15) is 6.04 Å². The lowest BCUT2D eigenvalue weighted by Crippen LogP contribution is -2.28. The van der Waals surface area contributed by atoms with E-state index < -0.39 is 18.0 Å². The van der Waals surface area contributed by atoms with Gasteiger partial charge in [-0.25, -0.2) is 9.59 Å². The molecule has 0 aliphatic carbocycles. The molecular weight excluding hydrogens is 210 g/mol. The number of hydrogen-bond donors (Lipinski definition) is 3. The number of aromatic carboxylic acids is 1. The Labute approximate surface area is 92.7 Å². The van der Waals surface area contributed by atoms with Crippen molar-refractivity contribution >= 4 is 17.6 Å². The molecular formula is C11H13NO4. The summed E-state index contributed by atoms with van der Waals surface area (Å²) in [7, 11) is 0. The number of carboxylic acids is 2. The lowest BCUT2D eigenvalue weighted by molar-refractivity contribution is -0.137. The van der Waals surface area contributed by atoms with Crippen molar-refractivity contribution < 1.29 is 19.8 Å². The maximum atomic E-state index is 10.8. The molecule has 0 aliphatic rings. The van der Waals surface area contributed by atoms with E-state index in [1.807, 2.05) is 0 Å². The van der Waals surface area contributed by atoms with Crippen molar-refractivity contribution in [3.8, 4) is 0 Å². The third-order valence-corrected chi connectivity index (χ3v) is 2.18. The fourth-order valence-corrected chi connectivity index (χ4v) is 1.25. The molecule has 1 aromatic carbocycles. The van der Waals surface area contributed by atoms with Crippen LogP contribution in [0, 0.1) is 0 Å². The van der Waals surface area contributed by atoms with Crippen LogP contribution in [0.1, 0.15) is 23.7 Å². The first kappa shape index (κ1) is 12.0. The molecule has 5 heteroatoms. The van der Waals surface area contributed by atoms with E-state index in [4.69, 9.17) is 10.2 Å². The van der Waals surface area contributed by atoms with Gasteiger partial charge in [0.2, 0.25) is 0 Å². The van der Waals surface area contributed by atoms with Crippen LogP contribution in [0.4, 0.5) is 5.69 Å². The number of nitrogens with one attached hydrogen (secondary N) is 1. The summed E-state index contributed by atoms with van der Waals surface area (Å²) in [6.45, 7) is 1.76. The molecule has 0 heterocycles. The summed E-state index contributed by atoms with van der Waals surface area (Å²) in [5.41, 5.74) is 0.771. The smallest absolute Gasteiger partial charge is 0.335 e. The van der Waals surface area contributed by atoms with Gasteiger partial charge in [-0.05, 0) is 30.7 Å². The van der Waals surface area contributed by atoms with Crippen LogP contribution in [0.2, 0.25) is 0 Å². The zero-order chi connectivity index (χ0) is 12.1. The normalized spacial score (nSPS) is 11.8. The van der Waals surface area contributed by atoms with Crippen molar-refractivity contribution in [2.45, 2.75) is 19.4 Å². The van der Waals surface area contributed by atoms with Crippen molar-refractivity contribution in [1.82, 2.24) is 0 Å². The molecule has 1 atom stereocenters. The number of hydrogen-bond acceptors (Lipinski definition) is 3. The van der Waals surface area contributed by atoms with Crippen LogP contribution in [0.15, 0.2) is 24.3 Å². The van der Waals surface area contributed by atoms with E-state index in [1.54, 1.807) is 19.1 Å². The summed E-state index contributed by atoms with van der Waals surface area (Å²) in [6, 6.07) is 5.30. The first-order valence-corrected chi connectivity index (χ1v) is 4.87. The lowest BCUT2D eigenvalue weighted by atomic mass is 10.1. The topological polar surface area (TPSA) is 86.6 Å². The average molecular weight is 223 g/mol. The van der Waals surface area contributed by atoms with Crippen LogP contribution in [-0.2, 0) is 4.79 Å². The van der Waals surface area contributed by atoms with Crippen molar-refractivity contribution in [2.75, 3.05) is 5.32 Å². The quantitative estimate of drug-likeness (QED) is 0.706. The van der Waals surface area contributed by atoms with E-state index in [2.05, 4.69) is 5.32 Å². The van der Waals surface area contributed by atoms with Crippen molar-refractivity contribution in [1.29, 1.82) is 0 Å². The molecule has 0 radical (unpaired) electrons. The Kier molecular flexibility index (Phi) is 3.88. The first-order valence-electron chi connectivity index (χ1n) is 4.87. The highest BCUT2D eigenvalue weighted by atomic mass is 16.4. The van der Waals surface area contributed by atoms with Gasteiger partial charge in [0.05, 0.1) is 5.56 Å². The Bertz CT molecular complexity index is 385. The molecule has 0 saturated heterocycles. The third kappa shape index (κ3) is 2.98. The second kappa shape index (κ2) is 5.16. The number of anilines is 1. The summed E-state index contributed by atoms with van der Waals surface area (Å²) in [4.78, 5) is 21.3.